The lowest BCUT2D eigenvalue weighted by atomic mass is 10.1. The molecular formula is C16H16O2S2. The summed E-state index contributed by atoms with van der Waals surface area (Å²) in [7, 11) is 1.66. The summed E-state index contributed by atoms with van der Waals surface area (Å²) in [6, 6.07) is 7.84. The molecule has 0 radical (unpaired) electrons. The second-order valence-corrected chi connectivity index (χ2v) is 7.21. The van der Waals surface area contributed by atoms with E-state index in [0.29, 0.717) is 0 Å². The zero-order valence-corrected chi connectivity index (χ0v) is 13.0. The number of rotatable bonds is 2. The predicted molar refractivity (Wildman–Crippen MR) is 87.2 cm³/mol. The van der Waals surface area contributed by atoms with Gasteiger partial charge >= 0.3 is 0 Å². The van der Waals surface area contributed by atoms with E-state index >= 15 is 0 Å². The zero-order valence-electron chi connectivity index (χ0n) is 11.3. The summed E-state index contributed by atoms with van der Waals surface area (Å²) in [6.07, 6.45) is 3.75. The van der Waals surface area contributed by atoms with Crippen LogP contribution in [0.3, 0.4) is 0 Å². The van der Waals surface area contributed by atoms with E-state index in [4.69, 9.17) is 4.74 Å². The Balaban J connectivity index is 1.86. The second kappa shape index (κ2) is 6.10. The Kier molecular flexibility index (Phi) is 4.22. The van der Waals surface area contributed by atoms with Crippen molar-refractivity contribution in [2.75, 3.05) is 18.6 Å². The lowest BCUT2D eigenvalue weighted by Crippen LogP contribution is -1.96. The van der Waals surface area contributed by atoms with Crippen LogP contribution in [0.15, 0.2) is 39.6 Å². The third-order valence-corrected chi connectivity index (χ3v) is 6.24. The van der Waals surface area contributed by atoms with E-state index in [9.17, 15) is 4.79 Å². The van der Waals surface area contributed by atoms with Crippen LogP contribution in [0.25, 0.3) is 6.08 Å². The topological polar surface area (TPSA) is 26.3 Å². The quantitative estimate of drug-likeness (QED) is 0.767. The third kappa shape index (κ3) is 2.81. The van der Waals surface area contributed by atoms with Crippen LogP contribution in [0, 0.1) is 0 Å². The molecular weight excluding hydrogens is 288 g/mol. The van der Waals surface area contributed by atoms with E-state index in [0.717, 1.165) is 46.8 Å². The number of hydrogen-bond donors (Lipinski definition) is 0. The molecule has 1 heterocycles. The van der Waals surface area contributed by atoms with Crippen molar-refractivity contribution in [1.29, 1.82) is 0 Å². The summed E-state index contributed by atoms with van der Waals surface area (Å²) in [5.74, 6) is 3.33. The Morgan fingerprint density at radius 2 is 2.00 bits per heavy atom. The maximum Gasteiger partial charge on any atom is 0.186 e. The van der Waals surface area contributed by atoms with E-state index < -0.39 is 0 Å². The van der Waals surface area contributed by atoms with Crippen molar-refractivity contribution in [3.63, 3.8) is 0 Å². The molecule has 4 heteroatoms. The molecule has 0 spiro atoms. The Hall–Kier alpha value is -1.13. The summed E-state index contributed by atoms with van der Waals surface area (Å²) >= 11 is 3.66. The molecule has 0 amide bonds. The van der Waals surface area contributed by atoms with Gasteiger partial charge in [0.25, 0.3) is 0 Å². The Morgan fingerprint density at radius 3 is 2.75 bits per heavy atom. The SMILES string of the molecule is COc1cccc(/C=C2/CCC(=C3SCCS3)C2=O)c1. The number of benzene rings is 1. The van der Waals surface area contributed by atoms with Crippen molar-refractivity contribution in [3.05, 3.63) is 45.2 Å². The number of hydrogen-bond acceptors (Lipinski definition) is 4. The molecule has 20 heavy (non-hydrogen) atoms. The molecule has 1 saturated carbocycles. The van der Waals surface area contributed by atoms with Gasteiger partial charge in [-0.05, 0) is 36.6 Å². The summed E-state index contributed by atoms with van der Waals surface area (Å²) in [6.45, 7) is 0. The second-order valence-electron chi connectivity index (χ2n) is 4.74. The minimum atomic E-state index is 0.240. The first-order valence-electron chi connectivity index (χ1n) is 6.66. The van der Waals surface area contributed by atoms with Gasteiger partial charge < -0.3 is 4.74 Å². The maximum atomic E-state index is 12.5. The fraction of sp³-hybridized carbons (Fsp3) is 0.312. The van der Waals surface area contributed by atoms with Crippen LogP contribution in [0.4, 0.5) is 0 Å². The summed E-state index contributed by atoms with van der Waals surface area (Å²) in [5, 5.41) is 0. The first-order valence-corrected chi connectivity index (χ1v) is 8.63. The van der Waals surface area contributed by atoms with Gasteiger partial charge in [-0.2, -0.15) is 0 Å². The number of thioether (sulfide) groups is 2. The monoisotopic (exact) mass is 304 g/mol. The summed E-state index contributed by atoms with van der Waals surface area (Å²) in [5.41, 5.74) is 2.99. The largest absolute Gasteiger partial charge is 0.497 e. The molecule has 0 aromatic heterocycles. The lowest BCUT2D eigenvalue weighted by molar-refractivity contribution is -0.111. The normalized spacial score (nSPS) is 21.1. The van der Waals surface area contributed by atoms with Crippen LogP contribution in [-0.4, -0.2) is 24.4 Å². The van der Waals surface area contributed by atoms with Crippen molar-refractivity contribution >= 4 is 35.4 Å². The van der Waals surface area contributed by atoms with Crippen molar-refractivity contribution < 1.29 is 9.53 Å². The van der Waals surface area contributed by atoms with Crippen molar-refractivity contribution in [2.45, 2.75) is 12.8 Å². The van der Waals surface area contributed by atoms with Crippen LogP contribution < -0.4 is 4.74 Å². The molecule has 1 aliphatic carbocycles. The van der Waals surface area contributed by atoms with Gasteiger partial charge in [0.05, 0.1) is 7.11 Å². The first-order chi connectivity index (χ1) is 9.78. The molecule has 1 saturated heterocycles. The molecule has 2 aliphatic rings. The minimum absolute atomic E-state index is 0.240. The van der Waals surface area contributed by atoms with E-state index in [1.165, 1.54) is 4.24 Å². The average Bonchev–Trinajstić information content (AvgIpc) is 3.10. The standard InChI is InChI=1S/C16H16O2S2/c1-18-13-4-2-3-11(10-13)9-12-5-6-14(15(12)17)16-19-7-8-20-16/h2-4,9-10H,5-8H2,1H3/b12-9-. The van der Waals surface area contributed by atoms with Crippen LogP contribution in [0.5, 0.6) is 5.75 Å². The number of ketones is 1. The minimum Gasteiger partial charge on any atom is -0.497 e. The van der Waals surface area contributed by atoms with Crippen LogP contribution >= 0.6 is 23.5 Å². The van der Waals surface area contributed by atoms with Crippen LogP contribution in [0.1, 0.15) is 18.4 Å². The number of Topliss-reactive ketones (excluding diaryl/α,β-unsaturated/α-hetero) is 1. The molecule has 104 valence electrons. The number of allylic oxidation sites excluding steroid dienone is 2. The van der Waals surface area contributed by atoms with Gasteiger partial charge in [0.1, 0.15) is 5.75 Å². The fourth-order valence-corrected chi connectivity index (χ4v) is 5.04. The molecule has 1 aromatic carbocycles. The van der Waals surface area contributed by atoms with E-state index in [-0.39, 0.29) is 5.78 Å². The highest BCUT2D eigenvalue weighted by molar-refractivity contribution is 8.25. The van der Waals surface area contributed by atoms with Gasteiger partial charge in [-0.15, -0.1) is 23.5 Å². The predicted octanol–water partition coefficient (Wildman–Crippen LogP) is 4.13. The van der Waals surface area contributed by atoms with Gasteiger partial charge in [0, 0.05) is 26.9 Å². The van der Waals surface area contributed by atoms with E-state index in [2.05, 4.69) is 0 Å². The highest BCUT2D eigenvalue weighted by Crippen LogP contribution is 2.43. The van der Waals surface area contributed by atoms with Gasteiger partial charge in [-0.25, -0.2) is 0 Å². The number of carbonyl (C=O) groups is 1. The molecule has 2 fully saturated rings. The molecule has 0 N–H and O–H groups in total. The van der Waals surface area contributed by atoms with E-state index in [1.807, 2.05) is 53.9 Å². The number of ether oxygens (including phenoxy) is 1. The summed E-state index contributed by atoms with van der Waals surface area (Å²) < 4.78 is 6.47. The van der Waals surface area contributed by atoms with Gasteiger partial charge in [0.15, 0.2) is 5.78 Å². The van der Waals surface area contributed by atoms with E-state index in [1.54, 1.807) is 7.11 Å². The average molecular weight is 304 g/mol. The highest BCUT2D eigenvalue weighted by atomic mass is 32.2. The van der Waals surface area contributed by atoms with Gasteiger partial charge in [-0.1, -0.05) is 12.1 Å². The fourth-order valence-electron chi connectivity index (χ4n) is 2.43. The summed E-state index contributed by atoms with van der Waals surface area (Å²) in [4.78, 5) is 12.5. The maximum absolute atomic E-state index is 12.5. The lowest BCUT2D eigenvalue weighted by Gasteiger charge is -2.02. The van der Waals surface area contributed by atoms with Crippen molar-refractivity contribution in [1.82, 2.24) is 0 Å². The van der Waals surface area contributed by atoms with Crippen LogP contribution in [-0.2, 0) is 4.79 Å². The highest BCUT2D eigenvalue weighted by Gasteiger charge is 2.28. The Labute approximate surface area is 127 Å². The molecule has 1 aliphatic heterocycles. The molecule has 2 nitrogen and oxygen atoms in total. The van der Waals surface area contributed by atoms with Crippen molar-refractivity contribution in [2.24, 2.45) is 0 Å². The molecule has 1 aromatic rings. The first kappa shape index (κ1) is 13.8. The van der Waals surface area contributed by atoms with Crippen LogP contribution in [0.2, 0.25) is 0 Å². The number of methoxy groups -OCH3 is 1. The Morgan fingerprint density at radius 1 is 1.20 bits per heavy atom. The molecule has 0 atom stereocenters. The van der Waals surface area contributed by atoms with Gasteiger partial charge in [-0.3, -0.25) is 4.79 Å². The number of carbonyl (C=O) groups excluding carboxylic acids is 1. The van der Waals surface area contributed by atoms with Gasteiger partial charge in [0.2, 0.25) is 0 Å². The molecule has 0 bridgehead atoms. The third-order valence-electron chi connectivity index (χ3n) is 3.44. The smallest absolute Gasteiger partial charge is 0.186 e. The molecule has 3 rings (SSSR count). The Bertz CT molecular complexity index is 594. The molecule has 0 unspecified atom stereocenters. The zero-order chi connectivity index (χ0) is 13.9. The van der Waals surface area contributed by atoms with Crippen molar-refractivity contribution in [3.8, 4) is 5.75 Å².